The van der Waals surface area contributed by atoms with E-state index in [-0.39, 0.29) is 15.1 Å². The zero-order chi connectivity index (χ0) is 11.9. The summed E-state index contributed by atoms with van der Waals surface area (Å²) in [6, 6.07) is 6.80. The van der Waals surface area contributed by atoms with Gasteiger partial charge in [0.15, 0.2) is 5.15 Å². The van der Waals surface area contributed by atoms with E-state index in [0.717, 1.165) is 0 Å². The molecule has 2 rings (SSSR count). The second-order valence-corrected chi connectivity index (χ2v) is 5.34. The smallest absolute Gasteiger partial charge is 0.235 e. The Kier molecular flexibility index (Phi) is 2.79. The first-order chi connectivity index (χ1) is 7.41. The van der Waals surface area contributed by atoms with Gasteiger partial charge in [0.1, 0.15) is 4.90 Å². The number of para-hydroxylation sites is 1. The summed E-state index contributed by atoms with van der Waals surface area (Å²) in [5.74, 6) is 0. The molecule has 2 N–H and O–H groups in total. The maximum atomic E-state index is 11.3. The van der Waals surface area contributed by atoms with Crippen molar-refractivity contribution in [1.29, 1.82) is 0 Å². The van der Waals surface area contributed by atoms with Gasteiger partial charge in [0.25, 0.3) is 0 Å². The van der Waals surface area contributed by atoms with Crippen molar-refractivity contribution in [3.8, 4) is 0 Å². The van der Waals surface area contributed by atoms with Crippen molar-refractivity contribution in [2.24, 2.45) is 5.14 Å². The molecule has 0 radical (unpaired) electrons. The Morgan fingerprint density at radius 2 is 1.81 bits per heavy atom. The van der Waals surface area contributed by atoms with E-state index in [0.29, 0.717) is 10.9 Å². The number of halogens is 2. The van der Waals surface area contributed by atoms with Crippen LogP contribution in [0.5, 0.6) is 0 Å². The fourth-order valence-electron chi connectivity index (χ4n) is 1.37. The molecule has 0 aliphatic rings. The molecule has 0 aliphatic heterocycles. The largest absolute Gasteiger partial charge is 0.242 e. The third-order valence-corrected chi connectivity index (χ3v) is 3.89. The molecule has 0 bridgehead atoms. The lowest BCUT2D eigenvalue weighted by atomic mass is 10.2. The number of primary sulfonamides is 1. The van der Waals surface area contributed by atoms with Gasteiger partial charge in [-0.15, -0.1) is 0 Å². The van der Waals surface area contributed by atoms with Gasteiger partial charge >= 0.3 is 0 Å². The van der Waals surface area contributed by atoms with Crippen molar-refractivity contribution < 1.29 is 8.42 Å². The van der Waals surface area contributed by atoms with Crippen LogP contribution in [0, 0.1) is 0 Å². The number of nitrogens with zero attached hydrogens (tertiary/aromatic N) is 1. The summed E-state index contributed by atoms with van der Waals surface area (Å²) < 4.78 is 22.6. The molecule has 0 saturated heterocycles. The number of nitrogens with two attached hydrogens (primary N) is 1. The molecule has 84 valence electrons. The van der Waals surface area contributed by atoms with Crippen LogP contribution in [0.3, 0.4) is 0 Å². The first-order valence-electron chi connectivity index (χ1n) is 4.18. The SMILES string of the molecule is NS(=O)(=O)c1c(Cl)nc2ccccc2c1Cl. The predicted molar refractivity (Wildman–Crippen MR) is 63.1 cm³/mol. The Morgan fingerprint density at radius 3 is 2.44 bits per heavy atom. The van der Waals surface area contributed by atoms with E-state index in [1.807, 2.05) is 0 Å². The highest BCUT2D eigenvalue weighted by atomic mass is 35.5. The number of fused-ring (bicyclic) bond motifs is 1. The van der Waals surface area contributed by atoms with Gasteiger partial charge in [-0.25, -0.2) is 18.5 Å². The second-order valence-electron chi connectivity index (χ2n) is 3.11. The molecule has 0 amide bonds. The lowest BCUT2D eigenvalue weighted by Crippen LogP contribution is -2.14. The van der Waals surface area contributed by atoms with Gasteiger partial charge in [-0.2, -0.15) is 0 Å². The van der Waals surface area contributed by atoms with E-state index in [2.05, 4.69) is 4.98 Å². The summed E-state index contributed by atoms with van der Waals surface area (Å²) in [6.45, 7) is 0. The van der Waals surface area contributed by atoms with Crippen molar-refractivity contribution >= 4 is 44.1 Å². The number of sulfonamides is 1. The maximum Gasteiger partial charge on any atom is 0.242 e. The van der Waals surface area contributed by atoms with Gasteiger partial charge in [-0.05, 0) is 6.07 Å². The van der Waals surface area contributed by atoms with Crippen LogP contribution in [0.1, 0.15) is 0 Å². The van der Waals surface area contributed by atoms with Crippen LogP contribution in [0.4, 0.5) is 0 Å². The quantitative estimate of drug-likeness (QED) is 0.812. The molecule has 0 aliphatic carbocycles. The van der Waals surface area contributed by atoms with Crippen LogP contribution < -0.4 is 5.14 Å². The Labute approximate surface area is 102 Å². The van der Waals surface area contributed by atoms with Crippen molar-refractivity contribution in [2.45, 2.75) is 4.90 Å². The van der Waals surface area contributed by atoms with Gasteiger partial charge in [0.05, 0.1) is 10.5 Å². The zero-order valence-electron chi connectivity index (χ0n) is 7.81. The van der Waals surface area contributed by atoms with E-state index in [1.165, 1.54) is 0 Å². The molecule has 1 heterocycles. The molecule has 1 aromatic carbocycles. The summed E-state index contributed by atoms with van der Waals surface area (Å²) in [5.41, 5.74) is 0.518. The number of rotatable bonds is 1. The van der Waals surface area contributed by atoms with E-state index < -0.39 is 10.0 Å². The Hall–Kier alpha value is -0.880. The molecule has 0 atom stereocenters. The van der Waals surface area contributed by atoms with Crippen LogP contribution in [0.2, 0.25) is 10.2 Å². The van der Waals surface area contributed by atoms with Gasteiger partial charge in [0, 0.05) is 5.39 Å². The molecule has 4 nitrogen and oxygen atoms in total. The average molecular weight is 277 g/mol. The van der Waals surface area contributed by atoms with Gasteiger partial charge in [-0.1, -0.05) is 41.4 Å². The minimum absolute atomic E-state index is 0.00176. The van der Waals surface area contributed by atoms with Gasteiger partial charge < -0.3 is 0 Å². The van der Waals surface area contributed by atoms with E-state index in [1.54, 1.807) is 24.3 Å². The minimum atomic E-state index is -3.98. The van der Waals surface area contributed by atoms with Crippen LogP contribution in [-0.2, 0) is 10.0 Å². The standard InChI is InChI=1S/C9H6Cl2N2O2S/c10-7-5-3-1-2-4-6(5)13-9(11)8(7)16(12,14)15/h1-4H,(H2,12,14,15). The highest BCUT2D eigenvalue weighted by Gasteiger charge is 2.21. The first-order valence-corrected chi connectivity index (χ1v) is 6.48. The molecule has 0 spiro atoms. The van der Waals surface area contributed by atoms with Crippen LogP contribution in [-0.4, -0.2) is 13.4 Å². The highest BCUT2D eigenvalue weighted by molar-refractivity contribution is 7.89. The molecular weight excluding hydrogens is 271 g/mol. The van der Waals surface area contributed by atoms with Crippen LogP contribution in [0.15, 0.2) is 29.2 Å². The summed E-state index contributed by atoms with van der Waals surface area (Å²) in [4.78, 5) is 3.59. The molecule has 7 heteroatoms. The molecule has 1 aromatic heterocycles. The Bertz CT molecular complexity index is 671. The maximum absolute atomic E-state index is 11.3. The van der Waals surface area contributed by atoms with E-state index >= 15 is 0 Å². The number of pyridine rings is 1. The molecule has 16 heavy (non-hydrogen) atoms. The molecular formula is C9H6Cl2N2O2S. The van der Waals surface area contributed by atoms with Crippen molar-refractivity contribution in [2.75, 3.05) is 0 Å². The summed E-state index contributed by atoms with van der Waals surface area (Å²) in [5, 5.41) is 5.29. The van der Waals surface area contributed by atoms with E-state index in [9.17, 15) is 8.42 Å². The fraction of sp³-hybridized carbons (Fsp3) is 0. The van der Waals surface area contributed by atoms with Crippen molar-refractivity contribution in [3.63, 3.8) is 0 Å². The summed E-state index contributed by atoms with van der Waals surface area (Å²) in [6.07, 6.45) is 0. The average Bonchev–Trinajstić information content (AvgIpc) is 2.15. The monoisotopic (exact) mass is 276 g/mol. The van der Waals surface area contributed by atoms with Crippen LogP contribution >= 0.6 is 23.2 Å². The van der Waals surface area contributed by atoms with E-state index in [4.69, 9.17) is 28.3 Å². The number of aromatic nitrogens is 1. The van der Waals surface area contributed by atoms with Gasteiger partial charge in [0.2, 0.25) is 10.0 Å². The molecule has 0 fully saturated rings. The molecule has 0 unspecified atom stereocenters. The number of hydrogen-bond acceptors (Lipinski definition) is 3. The first kappa shape index (κ1) is 11.6. The van der Waals surface area contributed by atoms with Crippen molar-refractivity contribution in [1.82, 2.24) is 4.98 Å². The summed E-state index contributed by atoms with van der Waals surface area (Å²) in [7, 11) is -3.98. The van der Waals surface area contributed by atoms with Crippen LogP contribution in [0.25, 0.3) is 10.9 Å². The molecule has 0 saturated carbocycles. The predicted octanol–water partition coefficient (Wildman–Crippen LogP) is 2.19. The lowest BCUT2D eigenvalue weighted by Gasteiger charge is -2.07. The Morgan fingerprint density at radius 1 is 1.19 bits per heavy atom. The second kappa shape index (κ2) is 3.85. The summed E-state index contributed by atoms with van der Waals surface area (Å²) >= 11 is 11.7. The Balaban J connectivity index is 2.98. The topological polar surface area (TPSA) is 73.1 Å². The number of benzene rings is 1. The third kappa shape index (κ3) is 1.87. The number of hydrogen-bond donors (Lipinski definition) is 1. The fourth-order valence-corrected chi connectivity index (χ4v) is 3.14. The highest BCUT2D eigenvalue weighted by Crippen LogP contribution is 2.33. The van der Waals surface area contributed by atoms with Crippen molar-refractivity contribution in [3.05, 3.63) is 34.4 Å². The normalized spacial score (nSPS) is 11.9. The lowest BCUT2D eigenvalue weighted by molar-refractivity contribution is 0.597. The minimum Gasteiger partial charge on any atom is -0.235 e. The third-order valence-electron chi connectivity index (χ3n) is 2.03. The zero-order valence-corrected chi connectivity index (χ0v) is 10.1. The van der Waals surface area contributed by atoms with Gasteiger partial charge in [-0.3, -0.25) is 0 Å². The molecule has 2 aromatic rings.